The van der Waals surface area contributed by atoms with Crippen molar-refractivity contribution >= 4 is 0 Å². The van der Waals surface area contributed by atoms with Crippen LogP contribution in [0.4, 0.5) is 0 Å². The van der Waals surface area contributed by atoms with Gasteiger partial charge >= 0.3 is 0 Å². The molecule has 2 heterocycles. The van der Waals surface area contributed by atoms with Gasteiger partial charge in [0.05, 0.1) is 6.61 Å². The SMILES string of the molecule is COCc1c(CC2CCCN2)ccc2c1OCCO2. The largest absolute Gasteiger partial charge is 0.486 e. The molecule has 3 rings (SSSR count). The molecule has 104 valence electrons. The van der Waals surface area contributed by atoms with Gasteiger partial charge in [-0.15, -0.1) is 0 Å². The summed E-state index contributed by atoms with van der Waals surface area (Å²) < 4.78 is 16.8. The summed E-state index contributed by atoms with van der Waals surface area (Å²) in [4.78, 5) is 0. The first kappa shape index (κ1) is 12.8. The molecule has 2 aliphatic rings. The first-order valence-electron chi connectivity index (χ1n) is 7.01. The minimum Gasteiger partial charge on any atom is -0.486 e. The second kappa shape index (κ2) is 5.80. The van der Waals surface area contributed by atoms with Gasteiger partial charge in [0.25, 0.3) is 0 Å². The maximum absolute atomic E-state index is 5.79. The third-order valence-corrected chi connectivity index (χ3v) is 3.83. The molecule has 0 bridgehead atoms. The van der Waals surface area contributed by atoms with Crippen molar-refractivity contribution in [3.8, 4) is 11.5 Å². The van der Waals surface area contributed by atoms with Crippen LogP contribution in [-0.2, 0) is 17.8 Å². The van der Waals surface area contributed by atoms with Crippen molar-refractivity contribution in [3.63, 3.8) is 0 Å². The average Bonchev–Trinajstić information content (AvgIpc) is 2.94. The summed E-state index contributed by atoms with van der Waals surface area (Å²) in [6.45, 7) is 2.96. The predicted octanol–water partition coefficient (Wildman–Crippen LogP) is 1.90. The monoisotopic (exact) mass is 263 g/mol. The van der Waals surface area contributed by atoms with Gasteiger partial charge in [-0.25, -0.2) is 0 Å². The highest BCUT2D eigenvalue weighted by atomic mass is 16.6. The maximum Gasteiger partial charge on any atom is 0.167 e. The van der Waals surface area contributed by atoms with Gasteiger partial charge < -0.3 is 19.5 Å². The van der Waals surface area contributed by atoms with Crippen LogP contribution in [0.15, 0.2) is 12.1 Å². The van der Waals surface area contributed by atoms with Crippen LogP contribution >= 0.6 is 0 Å². The lowest BCUT2D eigenvalue weighted by Gasteiger charge is -2.24. The summed E-state index contributed by atoms with van der Waals surface area (Å²) >= 11 is 0. The van der Waals surface area contributed by atoms with E-state index >= 15 is 0 Å². The van der Waals surface area contributed by atoms with Crippen LogP contribution in [0.1, 0.15) is 24.0 Å². The van der Waals surface area contributed by atoms with Crippen LogP contribution in [0.2, 0.25) is 0 Å². The topological polar surface area (TPSA) is 39.7 Å². The standard InChI is InChI=1S/C15H21NO3/c1-17-10-13-11(9-12-3-2-6-16-12)4-5-14-15(13)19-8-7-18-14/h4-5,12,16H,2-3,6-10H2,1H3. The second-order valence-electron chi connectivity index (χ2n) is 5.16. The van der Waals surface area contributed by atoms with E-state index in [0.29, 0.717) is 25.9 Å². The Hall–Kier alpha value is -1.26. The van der Waals surface area contributed by atoms with Crippen molar-refractivity contribution in [2.45, 2.75) is 31.9 Å². The van der Waals surface area contributed by atoms with Crippen LogP contribution in [0.5, 0.6) is 11.5 Å². The second-order valence-corrected chi connectivity index (χ2v) is 5.16. The first-order chi connectivity index (χ1) is 9.38. The quantitative estimate of drug-likeness (QED) is 0.900. The van der Waals surface area contributed by atoms with E-state index in [0.717, 1.165) is 30.0 Å². The summed E-state index contributed by atoms with van der Waals surface area (Å²) in [5, 5.41) is 3.54. The molecule has 0 aromatic heterocycles. The fourth-order valence-corrected chi connectivity index (χ4v) is 2.90. The number of benzene rings is 1. The average molecular weight is 263 g/mol. The third kappa shape index (κ3) is 2.69. The van der Waals surface area contributed by atoms with Crippen molar-refractivity contribution in [2.24, 2.45) is 0 Å². The molecule has 0 radical (unpaired) electrons. The number of ether oxygens (including phenoxy) is 3. The summed E-state index contributed by atoms with van der Waals surface area (Å²) in [7, 11) is 1.72. The Labute approximate surface area is 114 Å². The number of hydrogen-bond donors (Lipinski definition) is 1. The van der Waals surface area contributed by atoms with E-state index < -0.39 is 0 Å². The van der Waals surface area contributed by atoms with Crippen molar-refractivity contribution in [2.75, 3.05) is 26.9 Å². The third-order valence-electron chi connectivity index (χ3n) is 3.83. The molecule has 0 aliphatic carbocycles. The zero-order chi connectivity index (χ0) is 13.1. The van der Waals surface area contributed by atoms with Gasteiger partial charge in [0, 0.05) is 18.7 Å². The fourth-order valence-electron chi connectivity index (χ4n) is 2.90. The van der Waals surface area contributed by atoms with Crippen molar-refractivity contribution in [1.29, 1.82) is 0 Å². The number of methoxy groups -OCH3 is 1. The molecule has 1 saturated heterocycles. The Balaban J connectivity index is 1.88. The Morgan fingerprint density at radius 2 is 2.21 bits per heavy atom. The van der Waals surface area contributed by atoms with Crippen LogP contribution in [0.25, 0.3) is 0 Å². The molecule has 1 fully saturated rings. The molecule has 2 aliphatic heterocycles. The highest BCUT2D eigenvalue weighted by Gasteiger charge is 2.22. The number of rotatable bonds is 4. The zero-order valence-electron chi connectivity index (χ0n) is 11.4. The smallest absolute Gasteiger partial charge is 0.167 e. The first-order valence-corrected chi connectivity index (χ1v) is 7.01. The highest BCUT2D eigenvalue weighted by Crippen LogP contribution is 2.37. The van der Waals surface area contributed by atoms with Gasteiger partial charge in [0.2, 0.25) is 0 Å². The Morgan fingerprint density at radius 1 is 1.32 bits per heavy atom. The zero-order valence-corrected chi connectivity index (χ0v) is 11.4. The normalized spacial score (nSPS) is 21.6. The molecule has 0 spiro atoms. The minimum absolute atomic E-state index is 0.578. The molecular formula is C15H21NO3. The summed E-state index contributed by atoms with van der Waals surface area (Å²) in [5.41, 5.74) is 2.46. The van der Waals surface area contributed by atoms with E-state index in [1.165, 1.54) is 18.4 Å². The molecule has 4 nitrogen and oxygen atoms in total. The van der Waals surface area contributed by atoms with Gasteiger partial charge in [-0.3, -0.25) is 0 Å². The summed E-state index contributed by atoms with van der Waals surface area (Å²) in [6.07, 6.45) is 3.56. The molecule has 1 atom stereocenters. The van der Waals surface area contributed by atoms with Crippen LogP contribution in [-0.4, -0.2) is 32.9 Å². The van der Waals surface area contributed by atoms with Gasteiger partial charge in [0.15, 0.2) is 11.5 Å². The maximum atomic E-state index is 5.79. The molecule has 1 aromatic carbocycles. The lowest BCUT2D eigenvalue weighted by Crippen LogP contribution is -2.25. The molecular weight excluding hydrogens is 242 g/mol. The van der Waals surface area contributed by atoms with Crippen molar-refractivity contribution in [3.05, 3.63) is 23.3 Å². The van der Waals surface area contributed by atoms with E-state index in [9.17, 15) is 0 Å². The number of fused-ring (bicyclic) bond motifs is 1. The van der Waals surface area contributed by atoms with Crippen LogP contribution in [0, 0.1) is 0 Å². The molecule has 19 heavy (non-hydrogen) atoms. The lowest BCUT2D eigenvalue weighted by molar-refractivity contribution is 0.152. The van der Waals surface area contributed by atoms with E-state index in [1.54, 1.807) is 7.11 Å². The predicted molar refractivity (Wildman–Crippen MR) is 72.9 cm³/mol. The van der Waals surface area contributed by atoms with E-state index in [2.05, 4.69) is 11.4 Å². The lowest BCUT2D eigenvalue weighted by atomic mass is 9.98. The van der Waals surface area contributed by atoms with E-state index in [4.69, 9.17) is 14.2 Å². The molecule has 0 amide bonds. The molecule has 1 N–H and O–H groups in total. The summed E-state index contributed by atoms with van der Waals surface area (Å²) in [5.74, 6) is 1.73. The Morgan fingerprint density at radius 3 is 3.00 bits per heavy atom. The Bertz CT molecular complexity index is 441. The number of nitrogens with one attached hydrogen (secondary N) is 1. The van der Waals surface area contributed by atoms with Gasteiger partial charge in [-0.05, 0) is 37.4 Å². The van der Waals surface area contributed by atoms with Gasteiger partial charge in [-0.1, -0.05) is 6.07 Å². The summed E-state index contributed by atoms with van der Waals surface area (Å²) in [6, 6.07) is 4.76. The van der Waals surface area contributed by atoms with Crippen molar-refractivity contribution < 1.29 is 14.2 Å². The van der Waals surface area contributed by atoms with Gasteiger partial charge in [0.1, 0.15) is 13.2 Å². The number of hydrogen-bond acceptors (Lipinski definition) is 4. The minimum atomic E-state index is 0.578. The van der Waals surface area contributed by atoms with Crippen LogP contribution < -0.4 is 14.8 Å². The van der Waals surface area contributed by atoms with Crippen LogP contribution in [0.3, 0.4) is 0 Å². The molecule has 1 aromatic rings. The fraction of sp³-hybridized carbons (Fsp3) is 0.600. The van der Waals surface area contributed by atoms with Crippen molar-refractivity contribution in [1.82, 2.24) is 5.32 Å². The molecule has 0 saturated carbocycles. The highest BCUT2D eigenvalue weighted by molar-refractivity contribution is 5.51. The molecule has 1 unspecified atom stereocenters. The van der Waals surface area contributed by atoms with E-state index in [1.807, 2.05) is 6.07 Å². The molecule has 4 heteroatoms. The van der Waals surface area contributed by atoms with E-state index in [-0.39, 0.29) is 0 Å². The van der Waals surface area contributed by atoms with Gasteiger partial charge in [-0.2, -0.15) is 0 Å². The Kier molecular flexibility index (Phi) is 3.89.